The van der Waals surface area contributed by atoms with Crippen molar-refractivity contribution < 1.29 is 19.4 Å². The van der Waals surface area contributed by atoms with Crippen molar-refractivity contribution in [1.82, 2.24) is 14.7 Å². The van der Waals surface area contributed by atoms with Crippen molar-refractivity contribution in [3.8, 4) is 11.5 Å². The lowest BCUT2D eigenvalue weighted by atomic mass is 10.00. The van der Waals surface area contributed by atoms with Crippen LogP contribution in [0, 0.1) is 0 Å². The molecule has 0 aromatic heterocycles. The summed E-state index contributed by atoms with van der Waals surface area (Å²) in [4.78, 5) is 19.6. The number of carbonyl (C=O) groups excluding carboxylic acids is 1. The van der Waals surface area contributed by atoms with Crippen LogP contribution in [0.4, 0.5) is 0 Å². The molecular weight excluding hydrogens is 430 g/mol. The van der Waals surface area contributed by atoms with E-state index in [-0.39, 0.29) is 24.7 Å². The van der Waals surface area contributed by atoms with Crippen LogP contribution in [0.15, 0.2) is 42.5 Å². The van der Waals surface area contributed by atoms with E-state index in [4.69, 9.17) is 9.47 Å². The van der Waals surface area contributed by atoms with E-state index < -0.39 is 6.10 Å². The number of aliphatic hydroxyl groups excluding tert-OH is 1. The number of likely N-dealkylation sites (N-methyl/N-ethyl adjacent to an activating group) is 1. The summed E-state index contributed by atoms with van der Waals surface area (Å²) in [6.07, 6.45) is 1.36. The molecule has 1 fully saturated rings. The van der Waals surface area contributed by atoms with Gasteiger partial charge in [0.1, 0.15) is 23.7 Å². The molecule has 0 bridgehead atoms. The first kappa shape index (κ1) is 23.1. The molecule has 3 aliphatic rings. The van der Waals surface area contributed by atoms with Crippen LogP contribution in [0.3, 0.4) is 0 Å². The normalized spacial score (nSPS) is 24.2. The summed E-state index contributed by atoms with van der Waals surface area (Å²) in [6.45, 7) is 6.93. The van der Waals surface area contributed by atoms with Crippen LogP contribution < -0.4 is 9.47 Å². The maximum atomic E-state index is 13.3. The summed E-state index contributed by atoms with van der Waals surface area (Å²) >= 11 is 0. The third-order valence-corrected chi connectivity index (χ3v) is 7.04. The van der Waals surface area contributed by atoms with Crippen LogP contribution in [-0.4, -0.2) is 90.3 Å². The van der Waals surface area contributed by atoms with E-state index in [9.17, 15) is 9.90 Å². The van der Waals surface area contributed by atoms with E-state index in [0.717, 1.165) is 44.8 Å². The molecule has 0 spiro atoms. The first-order chi connectivity index (χ1) is 16.4. The molecule has 1 amide bonds. The molecule has 0 aliphatic carbocycles. The summed E-state index contributed by atoms with van der Waals surface area (Å²) in [6, 6.07) is 14.0. The molecule has 2 aromatic rings. The first-order valence-electron chi connectivity index (χ1n) is 12.4. The zero-order valence-corrected chi connectivity index (χ0v) is 20.2. The Morgan fingerprint density at radius 1 is 1.12 bits per heavy atom. The zero-order valence-electron chi connectivity index (χ0n) is 20.2. The van der Waals surface area contributed by atoms with Crippen molar-refractivity contribution >= 4 is 5.91 Å². The van der Waals surface area contributed by atoms with E-state index in [1.165, 1.54) is 11.1 Å². The summed E-state index contributed by atoms with van der Waals surface area (Å²) in [5.74, 6) is 1.19. The van der Waals surface area contributed by atoms with Gasteiger partial charge in [-0.1, -0.05) is 24.3 Å². The number of hydrogen-bond donors (Lipinski definition) is 1. The summed E-state index contributed by atoms with van der Waals surface area (Å²) in [5.41, 5.74) is 3.24. The Labute approximate surface area is 201 Å². The summed E-state index contributed by atoms with van der Waals surface area (Å²) in [7, 11) is 2.09. The topological polar surface area (TPSA) is 65.5 Å². The van der Waals surface area contributed by atoms with Gasteiger partial charge in [0.2, 0.25) is 0 Å². The number of amides is 1. The van der Waals surface area contributed by atoms with Gasteiger partial charge in [0.25, 0.3) is 5.91 Å². The number of hydrogen-bond acceptors (Lipinski definition) is 6. The number of nitrogens with zero attached hydrogens (tertiary/aromatic N) is 3. The fourth-order valence-corrected chi connectivity index (χ4v) is 5.33. The number of ether oxygens (including phenoxy) is 2. The summed E-state index contributed by atoms with van der Waals surface area (Å²) in [5, 5.41) is 10.9. The van der Waals surface area contributed by atoms with Gasteiger partial charge < -0.3 is 24.4 Å². The molecule has 1 unspecified atom stereocenters. The Morgan fingerprint density at radius 2 is 1.94 bits per heavy atom. The van der Waals surface area contributed by atoms with Gasteiger partial charge in [-0.15, -0.1) is 0 Å². The maximum absolute atomic E-state index is 13.3. The van der Waals surface area contributed by atoms with Crippen LogP contribution in [0.5, 0.6) is 11.5 Å². The second-order valence-electron chi connectivity index (χ2n) is 9.99. The molecule has 3 atom stereocenters. The molecule has 34 heavy (non-hydrogen) atoms. The van der Waals surface area contributed by atoms with E-state index in [1.807, 2.05) is 19.1 Å². The Morgan fingerprint density at radius 3 is 2.74 bits per heavy atom. The van der Waals surface area contributed by atoms with Crippen LogP contribution in [0.25, 0.3) is 0 Å². The van der Waals surface area contributed by atoms with Crippen LogP contribution >= 0.6 is 0 Å². The number of β-amino-alcohol motifs (C(OH)–C–C–N with tert-alkyl or cyclic N) is 1. The van der Waals surface area contributed by atoms with E-state index in [0.29, 0.717) is 24.4 Å². The molecule has 3 heterocycles. The molecule has 1 saturated heterocycles. The molecule has 0 radical (unpaired) electrons. The molecule has 7 heteroatoms. The van der Waals surface area contributed by atoms with Gasteiger partial charge in [0.05, 0.1) is 18.2 Å². The van der Waals surface area contributed by atoms with Gasteiger partial charge in [-0.3, -0.25) is 9.69 Å². The first-order valence-corrected chi connectivity index (χ1v) is 12.4. The highest BCUT2D eigenvalue weighted by Gasteiger charge is 2.30. The van der Waals surface area contributed by atoms with Crippen molar-refractivity contribution in [1.29, 1.82) is 0 Å². The number of rotatable bonds is 6. The summed E-state index contributed by atoms with van der Waals surface area (Å²) < 4.78 is 12.2. The lowest BCUT2D eigenvalue weighted by Crippen LogP contribution is -2.45. The van der Waals surface area contributed by atoms with E-state index >= 15 is 0 Å². The number of fused-ring (bicyclic) bond motifs is 2. The fraction of sp³-hybridized carbons (Fsp3) is 0.519. The zero-order chi connectivity index (χ0) is 23.7. The Balaban J connectivity index is 1.23. The average molecular weight is 466 g/mol. The van der Waals surface area contributed by atoms with Crippen molar-refractivity contribution in [2.24, 2.45) is 0 Å². The minimum absolute atomic E-state index is 0.102. The van der Waals surface area contributed by atoms with Crippen LogP contribution in [-0.2, 0) is 13.0 Å². The highest BCUT2D eigenvalue weighted by molar-refractivity contribution is 5.97. The van der Waals surface area contributed by atoms with Crippen molar-refractivity contribution in [3.05, 3.63) is 59.2 Å². The van der Waals surface area contributed by atoms with Gasteiger partial charge >= 0.3 is 0 Å². The second kappa shape index (κ2) is 9.94. The molecule has 1 N–H and O–H groups in total. The molecule has 5 rings (SSSR count). The SMILES string of the molecule is C[C@@H]1CN(CC(O)CN2CCc3ccccc3C2)C(=O)c2ccc(O[C@@H]3CCN(C)C3)cc2O1. The minimum Gasteiger partial charge on any atom is -0.489 e. The smallest absolute Gasteiger partial charge is 0.257 e. The maximum Gasteiger partial charge on any atom is 0.257 e. The van der Waals surface area contributed by atoms with Crippen LogP contribution in [0.1, 0.15) is 34.8 Å². The van der Waals surface area contributed by atoms with Crippen molar-refractivity contribution in [2.75, 3.05) is 46.3 Å². The van der Waals surface area contributed by atoms with Gasteiger partial charge in [0, 0.05) is 45.3 Å². The molecule has 3 aliphatic heterocycles. The number of likely N-dealkylation sites (tertiary alicyclic amines) is 1. The van der Waals surface area contributed by atoms with Gasteiger partial charge in [0.15, 0.2) is 0 Å². The number of aliphatic hydroxyl groups is 1. The quantitative estimate of drug-likeness (QED) is 0.707. The van der Waals surface area contributed by atoms with Crippen molar-refractivity contribution in [2.45, 2.75) is 44.6 Å². The predicted octanol–water partition coefficient (Wildman–Crippen LogP) is 2.41. The Bertz CT molecular complexity index is 1030. The second-order valence-corrected chi connectivity index (χ2v) is 9.99. The van der Waals surface area contributed by atoms with Crippen molar-refractivity contribution in [3.63, 3.8) is 0 Å². The number of carbonyl (C=O) groups is 1. The molecule has 0 saturated carbocycles. The molecule has 7 nitrogen and oxygen atoms in total. The van der Waals surface area contributed by atoms with Gasteiger partial charge in [-0.2, -0.15) is 0 Å². The Kier molecular flexibility index (Phi) is 6.77. The third-order valence-electron chi connectivity index (χ3n) is 7.04. The fourth-order valence-electron chi connectivity index (χ4n) is 5.33. The predicted molar refractivity (Wildman–Crippen MR) is 130 cm³/mol. The lowest BCUT2D eigenvalue weighted by Gasteiger charge is -2.32. The lowest BCUT2D eigenvalue weighted by molar-refractivity contribution is 0.0454. The van der Waals surface area contributed by atoms with E-state index in [1.54, 1.807) is 11.0 Å². The highest BCUT2D eigenvalue weighted by Crippen LogP contribution is 2.31. The molecule has 2 aromatic carbocycles. The van der Waals surface area contributed by atoms with Crippen LogP contribution in [0.2, 0.25) is 0 Å². The standard InChI is InChI=1S/C27H35N3O4/c1-19-14-30(17-22(31)16-29-12-9-20-5-3-4-6-21(20)15-29)27(32)25-8-7-23(13-26(25)33-19)34-24-10-11-28(2)18-24/h3-8,13,19,22,24,31H,9-12,14-18H2,1-2H3/t19-,22?,24-/m1/s1. The third kappa shape index (κ3) is 5.22. The number of benzene rings is 2. The molecule has 182 valence electrons. The monoisotopic (exact) mass is 465 g/mol. The Hall–Kier alpha value is -2.61. The van der Waals surface area contributed by atoms with Gasteiger partial charge in [-0.25, -0.2) is 0 Å². The van der Waals surface area contributed by atoms with Gasteiger partial charge in [-0.05, 0) is 50.1 Å². The average Bonchev–Trinajstić information content (AvgIpc) is 3.17. The minimum atomic E-state index is -0.620. The van der Waals surface area contributed by atoms with E-state index in [2.05, 4.69) is 41.1 Å². The highest BCUT2D eigenvalue weighted by atomic mass is 16.5. The largest absolute Gasteiger partial charge is 0.489 e. The molecular formula is C27H35N3O4.